The number of alkyl halides is 1. The number of amidine groups is 1. The molecule has 1 aromatic heterocycles. The molecule has 2 rings (SSSR count). The molecule has 0 aliphatic carbocycles. The molecule has 0 spiro atoms. The van der Waals surface area contributed by atoms with Gasteiger partial charge in [-0.05, 0) is 12.8 Å². The van der Waals surface area contributed by atoms with E-state index in [1.165, 1.54) is 0 Å². The number of benzene rings is 1. The van der Waals surface area contributed by atoms with Gasteiger partial charge in [0.05, 0.1) is 6.20 Å². The van der Waals surface area contributed by atoms with Crippen molar-refractivity contribution >= 4 is 5.84 Å². The fourth-order valence-corrected chi connectivity index (χ4v) is 2.07. The molecule has 5 heteroatoms. The van der Waals surface area contributed by atoms with E-state index >= 15 is 0 Å². The number of hydrogen-bond donors (Lipinski definition) is 2. The van der Waals surface area contributed by atoms with E-state index in [0.29, 0.717) is 6.54 Å². The van der Waals surface area contributed by atoms with Crippen molar-refractivity contribution in [1.82, 2.24) is 10.3 Å². The first kappa shape index (κ1) is 15.2. The van der Waals surface area contributed by atoms with E-state index in [0.717, 1.165) is 30.1 Å². The molecule has 21 heavy (non-hydrogen) atoms. The molecule has 0 saturated heterocycles. The lowest BCUT2D eigenvalue weighted by molar-refractivity contribution is 0.447. The Morgan fingerprint density at radius 1 is 1.38 bits per heavy atom. The second-order valence-corrected chi connectivity index (χ2v) is 5.01. The SMILES string of the molecule is C[C@@H](CCCNC(=N)CF)c1ncc(-c2ccccc2)o1. The lowest BCUT2D eigenvalue weighted by Gasteiger charge is -2.08. The maximum absolute atomic E-state index is 12.1. The zero-order valence-electron chi connectivity index (χ0n) is 12.1. The summed E-state index contributed by atoms with van der Waals surface area (Å²) in [7, 11) is 0. The maximum Gasteiger partial charge on any atom is 0.197 e. The van der Waals surface area contributed by atoms with Crippen molar-refractivity contribution in [3.05, 3.63) is 42.4 Å². The van der Waals surface area contributed by atoms with E-state index in [1.807, 2.05) is 30.3 Å². The molecule has 1 aromatic carbocycles. The van der Waals surface area contributed by atoms with Gasteiger partial charge in [-0.15, -0.1) is 0 Å². The average Bonchev–Trinajstić information content (AvgIpc) is 3.02. The summed E-state index contributed by atoms with van der Waals surface area (Å²) in [6.45, 7) is 1.91. The minimum Gasteiger partial charge on any atom is -0.440 e. The van der Waals surface area contributed by atoms with E-state index in [4.69, 9.17) is 9.83 Å². The Balaban J connectivity index is 1.85. The lowest BCUT2D eigenvalue weighted by atomic mass is 10.1. The number of halogens is 1. The van der Waals surface area contributed by atoms with Crippen LogP contribution in [0.25, 0.3) is 11.3 Å². The maximum atomic E-state index is 12.1. The Morgan fingerprint density at radius 2 is 2.14 bits per heavy atom. The quantitative estimate of drug-likeness (QED) is 0.463. The highest BCUT2D eigenvalue weighted by Gasteiger charge is 2.13. The van der Waals surface area contributed by atoms with Gasteiger partial charge < -0.3 is 9.73 Å². The summed E-state index contributed by atoms with van der Waals surface area (Å²) in [6.07, 6.45) is 3.46. The first-order valence-electron chi connectivity index (χ1n) is 7.09. The van der Waals surface area contributed by atoms with Gasteiger partial charge in [0.15, 0.2) is 11.7 Å². The summed E-state index contributed by atoms with van der Waals surface area (Å²) in [5, 5.41) is 9.90. The minimum absolute atomic E-state index is 0.0647. The third-order valence-corrected chi connectivity index (χ3v) is 3.29. The van der Waals surface area contributed by atoms with Gasteiger partial charge in [0, 0.05) is 18.0 Å². The first-order valence-corrected chi connectivity index (χ1v) is 7.09. The predicted octanol–water partition coefficient (Wildman–Crippen LogP) is 3.76. The Labute approximate surface area is 123 Å². The van der Waals surface area contributed by atoms with Crippen LogP contribution in [0.4, 0.5) is 4.39 Å². The summed E-state index contributed by atoms with van der Waals surface area (Å²) >= 11 is 0. The fraction of sp³-hybridized carbons (Fsp3) is 0.375. The van der Waals surface area contributed by atoms with E-state index in [9.17, 15) is 4.39 Å². The van der Waals surface area contributed by atoms with Gasteiger partial charge in [0.1, 0.15) is 12.5 Å². The molecule has 1 atom stereocenters. The smallest absolute Gasteiger partial charge is 0.197 e. The molecule has 4 nitrogen and oxygen atoms in total. The molecule has 0 radical (unpaired) electrons. The van der Waals surface area contributed by atoms with Gasteiger partial charge in [-0.3, -0.25) is 5.41 Å². The van der Waals surface area contributed by atoms with Gasteiger partial charge >= 0.3 is 0 Å². The van der Waals surface area contributed by atoms with E-state index < -0.39 is 6.67 Å². The molecule has 0 fully saturated rings. The number of aromatic nitrogens is 1. The normalized spacial score (nSPS) is 12.1. The summed E-state index contributed by atoms with van der Waals surface area (Å²) < 4.78 is 17.9. The van der Waals surface area contributed by atoms with Crippen LogP contribution in [0.5, 0.6) is 0 Å². The zero-order valence-corrected chi connectivity index (χ0v) is 12.1. The number of rotatable bonds is 7. The Kier molecular flexibility index (Phi) is 5.49. The van der Waals surface area contributed by atoms with Gasteiger partial charge in [-0.25, -0.2) is 9.37 Å². The molecule has 2 N–H and O–H groups in total. The second-order valence-electron chi connectivity index (χ2n) is 5.01. The average molecular weight is 289 g/mol. The Bertz CT molecular complexity index is 568. The van der Waals surface area contributed by atoms with Crippen molar-refractivity contribution in [2.75, 3.05) is 13.2 Å². The molecule has 0 saturated carbocycles. The number of nitrogens with one attached hydrogen (secondary N) is 2. The van der Waals surface area contributed by atoms with Crippen LogP contribution >= 0.6 is 0 Å². The summed E-state index contributed by atoms with van der Waals surface area (Å²) in [5.74, 6) is 1.62. The molecule has 0 unspecified atom stereocenters. The topological polar surface area (TPSA) is 61.9 Å². The van der Waals surface area contributed by atoms with Crippen LogP contribution in [-0.4, -0.2) is 24.0 Å². The molecule has 0 aliphatic heterocycles. The number of nitrogens with zero attached hydrogens (tertiary/aromatic N) is 1. The number of hydrogen-bond acceptors (Lipinski definition) is 3. The highest BCUT2D eigenvalue weighted by Crippen LogP contribution is 2.25. The highest BCUT2D eigenvalue weighted by atomic mass is 19.1. The van der Waals surface area contributed by atoms with Gasteiger partial charge in [-0.1, -0.05) is 37.3 Å². The van der Waals surface area contributed by atoms with Crippen molar-refractivity contribution in [3.63, 3.8) is 0 Å². The van der Waals surface area contributed by atoms with Crippen LogP contribution in [0.2, 0.25) is 0 Å². The molecule has 0 aliphatic rings. The Morgan fingerprint density at radius 3 is 2.86 bits per heavy atom. The van der Waals surface area contributed by atoms with Crippen molar-refractivity contribution in [3.8, 4) is 11.3 Å². The van der Waals surface area contributed by atoms with Crippen LogP contribution in [0.3, 0.4) is 0 Å². The van der Waals surface area contributed by atoms with E-state index in [2.05, 4.69) is 17.2 Å². The predicted molar refractivity (Wildman–Crippen MR) is 81.3 cm³/mol. The Hall–Kier alpha value is -2.17. The molecule has 112 valence electrons. The third-order valence-electron chi connectivity index (χ3n) is 3.29. The summed E-state index contributed by atoms with van der Waals surface area (Å²) in [6, 6.07) is 9.87. The molecule has 1 heterocycles. The first-order chi connectivity index (χ1) is 10.2. The second kappa shape index (κ2) is 7.57. The molecule has 0 amide bonds. The minimum atomic E-state index is -0.740. The molecule has 2 aromatic rings. The van der Waals surface area contributed by atoms with Crippen LogP contribution in [0, 0.1) is 5.41 Å². The fourth-order valence-electron chi connectivity index (χ4n) is 2.07. The highest BCUT2D eigenvalue weighted by molar-refractivity contribution is 5.79. The van der Waals surface area contributed by atoms with Crippen molar-refractivity contribution in [2.45, 2.75) is 25.7 Å². The monoisotopic (exact) mass is 289 g/mol. The van der Waals surface area contributed by atoms with Crippen LogP contribution < -0.4 is 5.32 Å². The van der Waals surface area contributed by atoms with E-state index in [1.54, 1.807) is 6.20 Å². The summed E-state index contributed by atoms with van der Waals surface area (Å²) in [4.78, 5) is 4.33. The molecule has 0 bridgehead atoms. The van der Waals surface area contributed by atoms with Crippen LogP contribution in [0.15, 0.2) is 40.9 Å². The largest absolute Gasteiger partial charge is 0.440 e. The third kappa shape index (κ3) is 4.41. The van der Waals surface area contributed by atoms with E-state index in [-0.39, 0.29) is 11.8 Å². The summed E-state index contributed by atoms with van der Waals surface area (Å²) in [5.41, 5.74) is 1.02. The van der Waals surface area contributed by atoms with Gasteiger partial charge in [0.25, 0.3) is 0 Å². The van der Waals surface area contributed by atoms with Crippen LogP contribution in [-0.2, 0) is 0 Å². The number of oxazole rings is 1. The standard InChI is InChI=1S/C16H20FN3O/c1-12(6-5-9-19-15(18)10-17)16-20-11-14(21-16)13-7-3-2-4-8-13/h2-4,7-8,11-12H,5-6,9-10H2,1H3,(H2,18,19)/t12-/m0/s1. The molecular formula is C16H20FN3O. The van der Waals surface area contributed by atoms with Crippen molar-refractivity contribution in [1.29, 1.82) is 5.41 Å². The van der Waals surface area contributed by atoms with Crippen molar-refractivity contribution < 1.29 is 8.81 Å². The lowest BCUT2D eigenvalue weighted by Crippen LogP contribution is -2.25. The van der Waals surface area contributed by atoms with Crippen molar-refractivity contribution in [2.24, 2.45) is 0 Å². The molecular weight excluding hydrogens is 269 g/mol. The van der Waals surface area contributed by atoms with Gasteiger partial charge in [-0.2, -0.15) is 0 Å². The van der Waals surface area contributed by atoms with Gasteiger partial charge in [0.2, 0.25) is 0 Å². The van der Waals surface area contributed by atoms with Crippen LogP contribution in [0.1, 0.15) is 31.6 Å². The zero-order chi connectivity index (χ0) is 15.1.